The van der Waals surface area contributed by atoms with E-state index in [9.17, 15) is 0 Å². The van der Waals surface area contributed by atoms with Crippen LogP contribution in [0.5, 0.6) is 11.5 Å². The maximum atomic E-state index is 5.50. The Morgan fingerprint density at radius 3 is 2.28 bits per heavy atom. The summed E-state index contributed by atoms with van der Waals surface area (Å²) in [7, 11) is 3.46. The van der Waals surface area contributed by atoms with Crippen LogP contribution in [0.2, 0.25) is 0 Å². The second kappa shape index (κ2) is 6.10. The lowest BCUT2D eigenvalue weighted by Gasteiger charge is -2.38. The molecule has 2 atom stereocenters. The van der Waals surface area contributed by atoms with E-state index < -0.39 is 0 Å². The number of benzene rings is 1. The number of hydrogen-bond acceptors (Lipinski definition) is 3. The summed E-state index contributed by atoms with van der Waals surface area (Å²) in [6.07, 6.45) is 2.52. The Morgan fingerprint density at radius 1 is 1.17 bits per heavy atom. The highest BCUT2D eigenvalue weighted by Crippen LogP contribution is 2.48. The molecule has 18 heavy (non-hydrogen) atoms. The van der Waals surface area contributed by atoms with E-state index in [1.807, 2.05) is 18.2 Å². The quantitative estimate of drug-likeness (QED) is 0.841. The summed E-state index contributed by atoms with van der Waals surface area (Å²) >= 11 is 0. The molecule has 1 N–H and O–H groups in total. The Balaban J connectivity index is 2.21. The summed E-state index contributed by atoms with van der Waals surface area (Å²) in [4.78, 5) is 0. The number of methoxy groups -OCH3 is 2. The first-order chi connectivity index (χ1) is 8.81. The molecule has 0 aromatic heterocycles. The molecule has 1 aliphatic carbocycles. The number of ether oxygens (including phenoxy) is 2. The molecule has 3 heteroatoms. The van der Waals surface area contributed by atoms with Gasteiger partial charge in [0, 0.05) is 5.56 Å². The van der Waals surface area contributed by atoms with Crippen LogP contribution in [0.1, 0.15) is 31.2 Å². The maximum absolute atomic E-state index is 5.50. The van der Waals surface area contributed by atoms with E-state index in [1.165, 1.54) is 18.4 Å². The van der Waals surface area contributed by atoms with E-state index in [2.05, 4.69) is 12.2 Å². The summed E-state index contributed by atoms with van der Waals surface area (Å²) in [5.74, 6) is 3.19. The number of rotatable bonds is 6. The lowest BCUT2D eigenvalue weighted by atomic mass is 9.69. The summed E-state index contributed by atoms with van der Waals surface area (Å²) in [6, 6.07) is 6.04. The molecule has 1 aromatic carbocycles. The van der Waals surface area contributed by atoms with Crippen molar-refractivity contribution in [2.75, 3.05) is 27.3 Å². The molecule has 2 rings (SSSR count). The van der Waals surface area contributed by atoms with Crippen LogP contribution in [-0.4, -0.2) is 27.3 Å². The van der Waals surface area contributed by atoms with Crippen molar-refractivity contribution in [3.05, 3.63) is 23.8 Å². The zero-order valence-electron chi connectivity index (χ0n) is 11.5. The first-order valence-electron chi connectivity index (χ1n) is 6.73. The molecular weight excluding hydrogens is 226 g/mol. The third kappa shape index (κ3) is 2.46. The Kier molecular flexibility index (Phi) is 4.48. The smallest absolute Gasteiger partial charge is 0.126 e. The lowest BCUT2D eigenvalue weighted by molar-refractivity contribution is 0.234. The Hall–Kier alpha value is -1.22. The predicted octanol–water partition coefficient (Wildman–Crippen LogP) is 2.81. The molecule has 1 aliphatic rings. The lowest BCUT2D eigenvalue weighted by Crippen LogP contribution is -2.34. The Bertz CT molecular complexity index is 370. The van der Waals surface area contributed by atoms with E-state index in [-0.39, 0.29) is 0 Å². The summed E-state index contributed by atoms with van der Waals surface area (Å²) < 4.78 is 11.0. The zero-order valence-corrected chi connectivity index (χ0v) is 11.5. The summed E-state index contributed by atoms with van der Waals surface area (Å²) in [5, 5.41) is 3.44. The highest BCUT2D eigenvalue weighted by Gasteiger charge is 2.35. The molecule has 100 valence electrons. The molecule has 0 heterocycles. The van der Waals surface area contributed by atoms with Crippen LogP contribution >= 0.6 is 0 Å². The van der Waals surface area contributed by atoms with Gasteiger partial charge in [0.25, 0.3) is 0 Å². The molecule has 3 nitrogen and oxygen atoms in total. The zero-order chi connectivity index (χ0) is 13.0. The summed E-state index contributed by atoms with van der Waals surface area (Å²) in [5.41, 5.74) is 1.25. The van der Waals surface area contributed by atoms with Crippen LogP contribution in [0.25, 0.3) is 0 Å². The fraction of sp³-hybridized carbons (Fsp3) is 0.600. The van der Waals surface area contributed by atoms with Gasteiger partial charge in [0.2, 0.25) is 0 Å². The van der Waals surface area contributed by atoms with E-state index in [0.29, 0.717) is 11.8 Å². The van der Waals surface area contributed by atoms with Crippen molar-refractivity contribution in [3.8, 4) is 11.5 Å². The van der Waals surface area contributed by atoms with Crippen LogP contribution in [0.3, 0.4) is 0 Å². The van der Waals surface area contributed by atoms with Gasteiger partial charge in [0.05, 0.1) is 14.2 Å². The highest BCUT2D eigenvalue weighted by atomic mass is 16.5. The molecule has 0 spiro atoms. The number of hydrogen-bond donors (Lipinski definition) is 1. The van der Waals surface area contributed by atoms with Gasteiger partial charge >= 0.3 is 0 Å². The highest BCUT2D eigenvalue weighted by molar-refractivity contribution is 5.48. The topological polar surface area (TPSA) is 30.5 Å². The second-order valence-electron chi connectivity index (χ2n) is 4.83. The minimum Gasteiger partial charge on any atom is -0.496 e. The van der Waals surface area contributed by atoms with Crippen molar-refractivity contribution in [3.63, 3.8) is 0 Å². The Morgan fingerprint density at radius 2 is 1.83 bits per heavy atom. The molecule has 0 bridgehead atoms. The van der Waals surface area contributed by atoms with Crippen molar-refractivity contribution in [1.82, 2.24) is 5.32 Å². The minimum atomic E-state index is 0.565. The SMILES string of the molecule is CCNCC1CCC1c1c(OC)cccc1OC. The predicted molar refractivity (Wildman–Crippen MR) is 73.6 cm³/mol. The first kappa shape index (κ1) is 13.2. The van der Waals surface area contributed by atoms with Crippen LogP contribution < -0.4 is 14.8 Å². The van der Waals surface area contributed by atoms with E-state index >= 15 is 0 Å². The van der Waals surface area contributed by atoms with Crippen molar-refractivity contribution in [2.24, 2.45) is 5.92 Å². The molecule has 1 saturated carbocycles. The van der Waals surface area contributed by atoms with Gasteiger partial charge in [-0.1, -0.05) is 13.0 Å². The van der Waals surface area contributed by atoms with Crippen molar-refractivity contribution in [2.45, 2.75) is 25.7 Å². The standard InChI is InChI=1S/C15H23NO2/c1-4-16-10-11-8-9-12(11)15-13(17-2)6-5-7-14(15)18-3/h5-7,11-12,16H,4,8-10H2,1-3H3. The normalized spacial score (nSPS) is 22.4. The van der Waals surface area contributed by atoms with Gasteiger partial charge in [-0.2, -0.15) is 0 Å². The second-order valence-corrected chi connectivity index (χ2v) is 4.83. The fourth-order valence-corrected chi connectivity index (χ4v) is 2.77. The molecule has 1 aromatic rings. The van der Waals surface area contributed by atoms with Crippen molar-refractivity contribution >= 4 is 0 Å². The van der Waals surface area contributed by atoms with Crippen LogP contribution in [0.4, 0.5) is 0 Å². The molecular formula is C15H23NO2. The van der Waals surface area contributed by atoms with E-state index in [0.717, 1.165) is 24.6 Å². The largest absolute Gasteiger partial charge is 0.496 e. The van der Waals surface area contributed by atoms with Gasteiger partial charge in [0.15, 0.2) is 0 Å². The van der Waals surface area contributed by atoms with Crippen LogP contribution in [0, 0.1) is 5.92 Å². The van der Waals surface area contributed by atoms with E-state index in [1.54, 1.807) is 14.2 Å². The Labute approximate surface area is 109 Å². The van der Waals surface area contributed by atoms with Crippen molar-refractivity contribution < 1.29 is 9.47 Å². The molecule has 0 amide bonds. The summed E-state index contributed by atoms with van der Waals surface area (Å²) in [6.45, 7) is 4.27. The minimum absolute atomic E-state index is 0.565. The van der Waals surface area contributed by atoms with Gasteiger partial charge in [-0.3, -0.25) is 0 Å². The number of nitrogens with one attached hydrogen (secondary N) is 1. The van der Waals surface area contributed by atoms with Crippen LogP contribution in [-0.2, 0) is 0 Å². The average molecular weight is 249 g/mol. The fourth-order valence-electron chi connectivity index (χ4n) is 2.77. The van der Waals surface area contributed by atoms with Gasteiger partial charge in [0.1, 0.15) is 11.5 Å². The van der Waals surface area contributed by atoms with Gasteiger partial charge in [-0.15, -0.1) is 0 Å². The molecule has 2 unspecified atom stereocenters. The maximum Gasteiger partial charge on any atom is 0.126 e. The van der Waals surface area contributed by atoms with Gasteiger partial charge in [-0.25, -0.2) is 0 Å². The average Bonchev–Trinajstić information content (AvgIpc) is 2.38. The third-order valence-corrected chi connectivity index (χ3v) is 3.91. The molecule has 1 fully saturated rings. The van der Waals surface area contributed by atoms with E-state index in [4.69, 9.17) is 9.47 Å². The van der Waals surface area contributed by atoms with Gasteiger partial charge < -0.3 is 14.8 Å². The van der Waals surface area contributed by atoms with Gasteiger partial charge in [-0.05, 0) is 49.9 Å². The first-order valence-corrected chi connectivity index (χ1v) is 6.73. The van der Waals surface area contributed by atoms with Crippen LogP contribution in [0.15, 0.2) is 18.2 Å². The molecule has 0 saturated heterocycles. The third-order valence-electron chi connectivity index (χ3n) is 3.91. The monoisotopic (exact) mass is 249 g/mol. The molecule has 0 radical (unpaired) electrons. The van der Waals surface area contributed by atoms with Crippen molar-refractivity contribution in [1.29, 1.82) is 0 Å². The molecule has 0 aliphatic heterocycles.